The van der Waals surface area contributed by atoms with Gasteiger partial charge < -0.3 is 9.47 Å². The number of thioether (sulfide) groups is 1. The summed E-state index contributed by atoms with van der Waals surface area (Å²) in [5, 5.41) is 11.1. The number of ether oxygens (including phenoxy) is 2. The molecule has 1 fully saturated rings. The molecule has 1 heterocycles. The summed E-state index contributed by atoms with van der Waals surface area (Å²) in [6, 6.07) is 17.2. The second-order valence-electron chi connectivity index (χ2n) is 7.96. The Kier molecular flexibility index (Phi) is 7.61. The van der Waals surface area contributed by atoms with E-state index in [0.29, 0.717) is 23.7 Å². The highest BCUT2D eigenvalue weighted by atomic mass is 35.5. The van der Waals surface area contributed by atoms with Gasteiger partial charge in [-0.05, 0) is 48.0 Å². The molecular formula is C26H21ClN2O6S. The zero-order valence-electron chi connectivity index (χ0n) is 19.4. The summed E-state index contributed by atoms with van der Waals surface area (Å²) in [5.41, 5.74) is 2.76. The van der Waals surface area contributed by atoms with Gasteiger partial charge in [0.25, 0.3) is 16.8 Å². The number of carbonyl (C=O) groups excluding carboxylic acids is 2. The predicted molar refractivity (Wildman–Crippen MR) is 138 cm³/mol. The zero-order valence-corrected chi connectivity index (χ0v) is 21.0. The summed E-state index contributed by atoms with van der Waals surface area (Å²) in [5.74, 6) is 0.194. The van der Waals surface area contributed by atoms with Crippen LogP contribution in [0.1, 0.15) is 22.3 Å². The van der Waals surface area contributed by atoms with Crippen molar-refractivity contribution in [3.8, 4) is 11.5 Å². The summed E-state index contributed by atoms with van der Waals surface area (Å²) in [6.07, 6.45) is 1.53. The van der Waals surface area contributed by atoms with Crippen molar-refractivity contribution in [2.75, 3.05) is 7.11 Å². The van der Waals surface area contributed by atoms with Crippen LogP contribution in [0, 0.1) is 17.0 Å². The summed E-state index contributed by atoms with van der Waals surface area (Å²) >= 11 is 7.23. The van der Waals surface area contributed by atoms with E-state index >= 15 is 0 Å². The number of nitro benzene ring substituents is 1. The molecule has 3 aromatic rings. The minimum Gasteiger partial charge on any atom is -0.493 e. The van der Waals surface area contributed by atoms with Crippen LogP contribution in [0.5, 0.6) is 11.5 Å². The fourth-order valence-electron chi connectivity index (χ4n) is 3.58. The van der Waals surface area contributed by atoms with Crippen LogP contribution in [-0.2, 0) is 17.9 Å². The summed E-state index contributed by atoms with van der Waals surface area (Å²) in [7, 11) is 1.48. The molecule has 0 N–H and O–H groups in total. The second kappa shape index (κ2) is 10.8. The first-order valence-corrected chi connectivity index (χ1v) is 12.0. The van der Waals surface area contributed by atoms with Crippen molar-refractivity contribution in [3.63, 3.8) is 0 Å². The first kappa shape index (κ1) is 25.3. The van der Waals surface area contributed by atoms with E-state index in [4.69, 9.17) is 21.1 Å². The predicted octanol–water partition coefficient (Wildman–Crippen LogP) is 6.38. The van der Waals surface area contributed by atoms with Gasteiger partial charge in [-0.15, -0.1) is 0 Å². The number of carbonyl (C=O) groups is 2. The lowest BCUT2D eigenvalue weighted by Crippen LogP contribution is -2.27. The second-order valence-corrected chi connectivity index (χ2v) is 9.36. The number of hydrogen-bond donors (Lipinski definition) is 0. The smallest absolute Gasteiger partial charge is 0.293 e. The maximum Gasteiger partial charge on any atom is 0.293 e. The fraction of sp³-hybridized carbons (Fsp3) is 0.154. The maximum atomic E-state index is 13.0. The number of halogens is 1. The highest BCUT2D eigenvalue weighted by molar-refractivity contribution is 8.18. The minimum atomic E-state index is -0.544. The van der Waals surface area contributed by atoms with Crippen LogP contribution in [0.4, 0.5) is 10.5 Å². The average Bonchev–Trinajstić information content (AvgIpc) is 3.11. The average molecular weight is 525 g/mol. The molecule has 0 unspecified atom stereocenters. The van der Waals surface area contributed by atoms with Gasteiger partial charge in [0.2, 0.25) is 0 Å². The summed E-state index contributed by atoms with van der Waals surface area (Å²) < 4.78 is 11.3. The van der Waals surface area contributed by atoms with E-state index in [2.05, 4.69) is 0 Å². The van der Waals surface area contributed by atoms with E-state index < -0.39 is 16.1 Å². The fourth-order valence-corrected chi connectivity index (χ4v) is 4.70. The van der Waals surface area contributed by atoms with Gasteiger partial charge in [0.15, 0.2) is 11.5 Å². The van der Waals surface area contributed by atoms with Gasteiger partial charge in [-0.3, -0.25) is 24.6 Å². The highest BCUT2D eigenvalue weighted by Gasteiger charge is 2.36. The highest BCUT2D eigenvalue weighted by Crippen LogP contribution is 2.40. The molecule has 184 valence electrons. The van der Waals surface area contributed by atoms with Crippen molar-refractivity contribution >= 4 is 46.3 Å². The number of benzene rings is 3. The van der Waals surface area contributed by atoms with Gasteiger partial charge in [-0.2, -0.15) is 0 Å². The number of nitrogens with zero attached hydrogens (tertiary/aromatic N) is 2. The molecule has 1 aliphatic rings. The lowest BCUT2D eigenvalue weighted by Gasteiger charge is -2.14. The molecule has 3 aromatic carbocycles. The number of para-hydroxylation sites is 1. The number of methoxy groups -OCH3 is 1. The third-order valence-corrected chi connectivity index (χ3v) is 6.63. The van der Waals surface area contributed by atoms with Crippen molar-refractivity contribution in [1.82, 2.24) is 4.90 Å². The van der Waals surface area contributed by atoms with Crippen molar-refractivity contribution in [3.05, 3.63) is 103 Å². The number of hydrogen-bond acceptors (Lipinski definition) is 7. The minimum absolute atomic E-state index is 0.154. The van der Waals surface area contributed by atoms with E-state index in [1.54, 1.807) is 18.2 Å². The van der Waals surface area contributed by atoms with Crippen LogP contribution in [0.25, 0.3) is 6.08 Å². The Morgan fingerprint density at radius 3 is 2.53 bits per heavy atom. The van der Waals surface area contributed by atoms with Crippen molar-refractivity contribution in [2.24, 2.45) is 0 Å². The number of amides is 2. The van der Waals surface area contributed by atoms with Crippen molar-refractivity contribution in [1.29, 1.82) is 0 Å². The Morgan fingerprint density at radius 2 is 1.83 bits per heavy atom. The number of nitro groups is 1. The van der Waals surface area contributed by atoms with E-state index in [9.17, 15) is 19.7 Å². The maximum absolute atomic E-state index is 13.0. The molecular weight excluding hydrogens is 504 g/mol. The lowest BCUT2D eigenvalue weighted by molar-refractivity contribution is -0.385. The van der Waals surface area contributed by atoms with Crippen LogP contribution >= 0.6 is 23.4 Å². The van der Waals surface area contributed by atoms with E-state index in [1.807, 2.05) is 31.2 Å². The molecule has 1 saturated heterocycles. The molecule has 8 nitrogen and oxygen atoms in total. The third-order valence-electron chi connectivity index (χ3n) is 5.44. The molecule has 0 aromatic heterocycles. The van der Waals surface area contributed by atoms with Crippen molar-refractivity contribution in [2.45, 2.75) is 20.1 Å². The normalized spacial score (nSPS) is 14.4. The first-order chi connectivity index (χ1) is 17.3. The summed E-state index contributed by atoms with van der Waals surface area (Å²) in [4.78, 5) is 37.4. The van der Waals surface area contributed by atoms with E-state index in [1.165, 1.54) is 31.4 Å². The Balaban J connectivity index is 1.54. The number of aryl methyl sites for hydroxylation is 1. The van der Waals surface area contributed by atoms with E-state index in [-0.39, 0.29) is 27.7 Å². The van der Waals surface area contributed by atoms with Gasteiger partial charge in [0.1, 0.15) is 6.61 Å². The number of imide groups is 1. The van der Waals surface area contributed by atoms with Crippen LogP contribution in [0.15, 0.2) is 65.6 Å². The molecule has 0 aliphatic carbocycles. The Labute approximate surface area is 216 Å². The Bertz CT molecular complexity index is 1370. The largest absolute Gasteiger partial charge is 0.493 e. The Morgan fingerprint density at radius 1 is 1.11 bits per heavy atom. The lowest BCUT2D eigenvalue weighted by atomic mass is 10.1. The third kappa shape index (κ3) is 5.53. The van der Waals surface area contributed by atoms with Gasteiger partial charge in [0.05, 0.1) is 28.5 Å². The van der Waals surface area contributed by atoms with Crippen molar-refractivity contribution < 1.29 is 24.0 Å². The standard InChI is InChI=1S/C26H21ClN2O6S/c1-16-7-9-17(10-8-16)15-35-24-20(27)11-18(12-22(24)34-2)13-23-25(30)28(26(31)36-23)14-19-5-3-4-6-21(19)29(32)33/h3-13H,14-15H2,1-2H3/b23-13-. The molecule has 1 aliphatic heterocycles. The van der Waals surface area contributed by atoms with Gasteiger partial charge in [-0.1, -0.05) is 59.6 Å². The van der Waals surface area contributed by atoms with Gasteiger partial charge in [0, 0.05) is 11.6 Å². The molecule has 10 heteroatoms. The zero-order chi connectivity index (χ0) is 25.8. The first-order valence-electron chi connectivity index (χ1n) is 10.8. The monoisotopic (exact) mass is 524 g/mol. The Hall–Kier alpha value is -3.82. The van der Waals surface area contributed by atoms with Gasteiger partial charge >= 0.3 is 0 Å². The molecule has 0 saturated carbocycles. The SMILES string of the molecule is COc1cc(/C=C2\SC(=O)N(Cc3ccccc3[N+](=O)[O-])C2=O)cc(Cl)c1OCc1ccc(C)cc1. The molecule has 2 amide bonds. The molecule has 4 rings (SSSR count). The van der Waals surface area contributed by atoms with Crippen LogP contribution in [-0.4, -0.2) is 28.1 Å². The number of rotatable bonds is 8. The molecule has 0 atom stereocenters. The topological polar surface area (TPSA) is 99.0 Å². The molecule has 0 bridgehead atoms. The molecule has 0 radical (unpaired) electrons. The molecule has 36 heavy (non-hydrogen) atoms. The quantitative estimate of drug-likeness (QED) is 0.191. The summed E-state index contributed by atoms with van der Waals surface area (Å²) in [6.45, 7) is 2.10. The van der Waals surface area contributed by atoms with Crippen LogP contribution < -0.4 is 9.47 Å². The van der Waals surface area contributed by atoms with E-state index in [0.717, 1.165) is 27.8 Å². The van der Waals surface area contributed by atoms with Gasteiger partial charge in [-0.25, -0.2) is 0 Å². The molecule has 0 spiro atoms. The van der Waals surface area contributed by atoms with Crippen LogP contribution in [0.3, 0.4) is 0 Å². The van der Waals surface area contributed by atoms with Crippen LogP contribution in [0.2, 0.25) is 5.02 Å².